The van der Waals surface area contributed by atoms with Crippen LogP contribution >= 0.6 is 35.3 Å². The normalized spacial score (nSPS) is 15.7. The van der Waals surface area contributed by atoms with Gasteiger partial charge in [-0.15, -0.1) is 11.3 Å². The minimum atomic E-state index is -0.301. The molecule has 2 amide bonds. The summed E-state index contributed by atoms with van der Waals surface area (Å²) in [7, 11) is 0. The van der Waals surface area contributed by atoms with E-state index >= 15 is 0 Å². The lowest BCUT2D eigenvalue weighted by atomic mass is 10.0. The van der Waals surface area contributed by atoms with Gasteiger partial charge in [0.2, 0.25) is 5.91 Å². The van der Waals surface area contributed by atoms with Gasteiger partial charge < -0.3 is 0 Å². The Morgan fingerprint density at radius 1 is 1.11 bits per heavy atom. The molecule has 4 nitrogen and oxygen atoms in total. The van der Waals surface area contributed by atoms with Crippen molar-refractivity contribution in [1.29, 1.82) is 0 Å². The number of nitrogens with one attached hydrogen (secondary N) is 1. The van der Waals surface area contributed by atoms with Crippen LogP contribution in [-0.4, -0.2) is 21.1 Å². The van der Waals surface area contributed by atoms with Gasteiger partial charge >= 0.3 is 0 Å². The molecule has 2 aromatic carbocycles. The quantitative estimate of drug-likeness (QED) is 0.512. The highest BCUT2D eigenvalue weighted by molar-refractivity contribution is 8.26. The van der Waals surface area contributed by atoms with Crippen LogP contribution in [0, 0.1) is 0 Å². The van der Waals surface area contributed by atoms with Crippen LogP contribution < -0.4 is 5.43 Å². The first-order valence-corrected chi connectivity index (χ1v) is 10.3. The molecule has 1 aliphatic heterocycles. The minimum Gasteiger partial charge on any atom is -0.273 e. The fraction of sp³-hybridized carbons (Fsp3) is 0.0500. The van der Waals surface area contributed by atoms with Crippen LogP contribution in [-0.2, 0) is 16.0 Å². The highest BCUT2D eigenvalue weighted by Gasteiger charge is 2.33. The summed E-state index contributed by atoms with van der Waals surface area (Å²) in [5.41, 5.74) is 3.55. The summed E-state index contributed by atoms with van der Waals surface area (Å²) in [5, 5.41) is 5.20. The maximum Gasteiger partial charge on any atom is 0.285 e. The Morgan fingerprint density at radius 3 is 2.74 bits per heavy atom. The van der Waals surface area contributed by atoms with Crippen LogP contribution in [0.15, 0.2) is 64.9 Å². The third-order valence-corrected chi connectivity index (χ3v) is 6.20. The van der Waals surface area contributed by atoms with E-state index in [1.165, 1.54) is 23.1 Å². The number of fused-ring (bicyclic) bond motifs is 1. The third kappa shape index (κ3) is 3.80. The van der Waals surface area contributed by atoms with Crippen molar-refractivity contribution < 1.29 is 9.59 Å². The maximum absolute atomic E-state index is 12.6. The van der Waals surface area contributed by atoms with Crippen molar-refractivity contribution in [3.63, 3.8) is 0 Å². The van der Waals surface area contributed by atoms with E-state index in [9.17, 15) is 9.59 Å². The number of thiophene rings is 1. The molecule has 4 rings (SSSR count). The molecule has 1 saturated heterocycles. The number of rotatable bonds is 4. The molecule has 0 atom stereocenters. The van der Waals surface area contributed by atoms with E-state index < -0.39 is 0 Å². The number of amides is 2. The minimum absolute atomic E-state index is 0.169. The van der Waals surface area contributed by atoms with Gasteiger partial charge in [-0.1, -0.05) is 60.3 Å². The highest BCUT2D eigenvalue weighted by Crippen LogP contribution is 2.32. The van der Waals surface area contributed by atoms with Crippen LogP contribution in [0.1, 0.15) is 10.4 Å². The molecule has 0 bridgehead atoms. The second-order valence-corrected chi connectivity index (χ2v) is 8.54. The molecule has 0 unspecified atom stereocenters. The summed E-state index contributed by atoms with van der Waals surface area (Å²) in [4.78, 5) is 26.6. The molecule has 27 heavy (non-hydrogen) atoms. The molecule has 1 aliphatic rings. The lowest BCUT2D eigenvalue weighted by molar-refractivity contribution is -0.132. The van der Waals surface area contributed by atoms with Crippen molar-refractivity contribution >= 4 is 68.3 Å². The molecule has 1 aromatic heterocycles. The molecule has 1 fully saturated rings. The fourth-order valence-electron chi connectivity index (χ4n) is 2.85. The topological polar surface area (TPSA) is 49.4 Å². The number of thioether (sulfide) groups is 1. The number of carbonyl (C=O) groups is 2. The van der Waals surface area contributed by atoms with Crippen LogP contribution in [0.5, 0.6) is 0 Å². The highest BCUT2D eigenvalue weighted by atomic mass is 32.2. The Bertz CT molecular complexity index is 1070. The van der Waals surface area contributed by atoms with Crippen molar-refractivity contribution in [2.45, 2.75) is 6.42 Å². The standard InChI is InChI=1S/C20H14N2O2S3/c23-18(11-14-7-3-6-13-5-1-2-9-16(13)14)21-22-19(24)17(27-20(22)25)12-15-8-4-10-26-15/h1-10,12H,11H2,(H,21,23)/b17-12+. The average Bonchev–Trinajstić information content (AvgIpc) is 3.26. The maximum atomic E-state index is 12.6. The molecule has 7 heteroatoms. The van der Waals surface area contributed by atoms with E-state index in [4.69, 9.17) is 12.2 Å². The van der Waals surface area contributed by atoms with E-state index in [-0.39, 0.29) is 18.2 Å². The number of hydrogen-bond donors (Lipinski definition) is 1. The number of thiocarbonyl (C=S) groups is 1. The Labute approximate surface area is 169 Å². The largest absolute Gasteiger partial charge is 0.285 e. The van der Waals surface area contributed by atoms with Gasteiger partial charge in [0.1, 0.15) is 0 Å². The first-order valence-electron chi connectivity index (χ1n) is 8.19. The first-order chi connectivity index (χ1) is 13.1. The Balaban J connectivity index is 1.49. The molecule has 3 aromatic rings. The molecule has 0 saturated carbocycles. The number of carbonyl (C=O) groups excluding carboxylic acids is 2. The van der Waals surface area contributed by atoms with Gasteiger partial charge in [-0.2, -0.15) is 5.01 Å². The first kappa shape index (κ1) is 17.9. The lowest BCUT2D eigenvalue weighted by Gasteiger charge is -2.16. The van der Waals surface area contributed by atoms with Crippen LogP contribution in [0.3, 0.4) is 0 Å². The summed E-state index contributed by atoms with van der Waals surface area (Å²) in [6, 6.07) is 17.6. The fourth-order valence-corrected chi connectivity index (χ4v) is 4.75. The zero-order chi connectivity index (χ0) is 18.8. The second kappa shape index (κ2) is 7.64. The molecule has 1 N–H and O–H groups in total. The van der Waals surface area contributed by atoms with E-state index in [0.717, 1.165) is 26.2 Å². The Hall–Kier alpha value is -2.48. The molecule has 0 spiro atoms. The van der Waals surface area contributed by atoms with Crippen molar-refractivity contribution in [2.75, 3.05) is 0 Å². The van der Waals surface area contributed by atoms with Gasteiger partial charge in [0.05, 0.1) is 11.3 Å². The van der Waals surface area contributed by atoms with Gasteiger partial charge in [-0.05, 0) is 46.1 Å². The van der Waals surface area contributed by atoms with Gasteiger partial charge in [0, 0.05) is 4.88 Å². The van der Waals surface area contributed by atoms with E-state index in [1.54, 1.807) is 6.08 Å². The van der Waals surface area contributed by atoms with E-state index in [0.29, 0.717) is 9.23 Å². The zero-order valence-corrected chi connectivity index (χ0v) is 16.5. The molecule has 2 heterocycles. The molecular weight excluding hydrogens is 396 g/mol. The predicted molar refractivity (Wildman–Crippen MR) is 115 cm³/mol. The molecular formula is C20H14N2O2S3. The Morgan fingerprint density at radius 2 is 1.93 bits per heavy atom. The van der Waals surface area contributed by atoms with Crippen LogP contribution in [0.25, 0.3) is 16.8 Å². The summed E-state index contributed by atoms with van der Waals surface area (Å²) < 4.78 is 0.328. The van der Waals surface area contributed by atoms with E-state index in [2.05, 4.69) is 5.43 Å². The van der Waals surface area contributed by atoms with Gasteiger partial charge in [-0.25, -0.2) is 0 Å². The summed E-state index contributed by atoms with van der Waals surface area (Å²) in [6.45, 7) is 0. The number of benzene rings is 2. The van der Waals surface area contributed by atoms with Crippen LogP contribution in [0.2, 0.25) is 0 Å². The third-order valence-electron chi connectivity index (χ3n) is 4.08. The zero-order valence-electron chi connectivity index (χ0n) is 14.0. The van der Waals surface area contributed by atoms with Crippen molar-refractivity contribution in [3.05, 3.63) is 75.3 Å². The summed E-state index contributed by atoms with van der Waals surface area (Å²) >= 11 is 8.00. The number of hydrazine groups is 1. The molecule has 134 valence electrons. The van der Waals surface area contributed by atoms with Crippen molar-refractivity contribution in [3.8, 4) is 0 Å². The van der Waals surface area contributed by atoms with Crippen LogP contribution in [0.4, 0.5) is 0 Å². The molecule has 0 radical (unpaired) electrons. The second-order valence-electron chi connectivity index (χ2n) is 5.88. The number of nitrogens with zero attached hydrogens (tertiary/aromatic N) is 1. The predicted octanol–water partition coefficient (Wildman–Crippen LogP) is 4.38. The van der Waals surface area contributed by atoms with Gasteiger partial charge in [-0.3, -0.25) is 15.0 Å². The monoisotopic (exact) mass is 410 g/mol. The summed E-state index contributed by atoms with van der Waals surface area (Å²) in [5.74, 6) is -0.579. The SMILES string of the molecule is O=C(Cc1cccc2ccccc12)NN1C(=O)/C(=C\c2cccs2)SC1=S. The number of hydrogen-bond acceptors (Lipinski definition) is 5. The Kier molecular flexibility index (Phi) is 5.07. The smallest absolute Gasteiger partial charge is 0.273 e. The summed E-state index contributed by atoms with van der Waals surface area (Å²) in [6.07, 6.45) is 1.96. The van der Waals surface area contributed by atoms with Gasteiger partial charge in [0.25, 0.3) is 5.91 Å². The molecule has 0 aliphatic carbocycles. The lowest BCUT2D eigenvalue weighted by Crippen LogP contribution is -2.45. The van der Waals surface area contributed by atoms with Crippen molar-refractivity contribution in [2.24, 2.45) is 0 Å². The van der Waals surface area contributed by atoms with Gasteiger partial charge in [0.15, 0.2) is 4.32 Å². The van der Waals surface area contributed by atoms with E-state index in [1.807, 2.05) is 60.0 Å². The van der Waals surface area contributed by atoms with Crippen molar-refractivity contribution in [1.82, 2.24) is 10.4 Å². The average molecular weight is 411 g/mol.